The lowest BCUT2D eigenvalue weighted by atomic mass is 10.3. The zero-order chi connectivity index (χ0) is 13.1. The Bertz CT molecular complexity index is 415. The second kappa shape index (κ2) is 5.87. The lowest BCUT2D eigenvalue weighted by Crippen LogP contribution is -2.19. The van der Waals surface area contributed by atoms with Crippen molar-refractivity contribution in [3.05, 3.63) is 22.4 Å². The Morgan fingerprint density at radius 3 is 2.71 bits per heavy atom. The summed E-state index contributed by atoms with van der Waals surface area (Å²) < 4.78 is 0.908. The molecule has 5 heteroatoms. The van der Waals surface area contributed by atoms with Crippen LogP contribution in [0.1, 0.15) is 26.3 Å². The maximum atomic E-state index is 11.7. The molecule has 0 saturated carbocycles. The number of halogens is 1. The van der Waals surface area contributed by atoms with Gasteiger partial charge in [-0.25, -0.2) is 4.98 Å². The van der Waals surface area contributed by atoms with E-state index in [4.69, 9.17) is 0 Å². The van der Waals surface area contributed by atoms with E-state index in [1.165, 1.54) is 0 Å². The van der Waals surface area contributed by atoms with E-state index in [1.807, 2.05) is 13.0 Å². The van der Waals surface area contributed by atoms with Gasteiger partial charge >= 0.3 is 0 Å². The summed E-state index contributed by atoms with van der Waals surface area (Å²) in [5.41, 5.74) is 1.75. The molecule has 1 aromatic heterocycles. The molecule has 1 N–H and O–H groups in total. The zero-order valence-corrected chi connectivity index (χ0v) is 12.9. The third-order valence-corrected chi connectivity index (χ3v) is 4.04. The first-order valence-electron chi connectivity index (χ1n) is 5.34. The number of hydrogen-bond acceptors (Lipinski definition) is 3. The number of amides is 1. The van der Waals surface area contributed by atoms with Gasteiger partial charge < -0.3 is 5.32 Å². The summed E-state index contributed by atoms with van der Waals surface area (Å²) in [7, 11) is 0. The summed E-state index contributed by atoms with van der Waals surface area (Å²) in [6.07, 6.45) is 1.65. The molecule has 0 spiro atoms. The Balaban J connectivity index is 2.54. The molecule has 17 heavy (non-hydrogen) atoms. The van der Waals surface area contributed by atoms with E-state index in [9.17, 15) is 4.79 Å². The largest absolute Gasteiger partial charge is 0.324 e. The number of aryl methyl sites for hydroxylation is 1. The van der Waals surface area contributed by atoms with Gasteiger partial charge in [0.2, 0.25) is 5.91 Å². The fourth-order valence-corrected chi connectivity index (χ4v) is 1.96. The number of rotatable bonds is 3. The highest BCUT2D eigenvalue weighted by Crippen LogP contribution is 2.23. The molecular weight excluding hydrogens is 300 g/mol. The van der Waals surface area contributed by atoms with Crippen LogP contribution in [0.15, 0.2) is 16.9 Å². The van der Waals surface area contributed by atoms with Crippen LogP contribution in [-0.2, 0) is 4.79 Å². The van der Waals surface area contributed by atoms with Crippen LogP contribution >= 0.6 is 27.7 Å². The van der Waals surface area contributed by atoms with E-state index in [0.29, 0.717) is 5.75 Å². The van der Waals surface area contributed by atoms with Crippen molar-refractivity contribution < 1.29 is 4.79 Å². The van der Waals surface area contributed by atoms with Crippen molar-refractivity contribution in [1.29, 1.82) is 0 Å². The number of nitrogens with zero attached hydrogens (tertiary/aromatic N) is 1. The van der Waals surface area contributed by atoms with Gasteiger partial charge in [0.25, 0.3) is 0 Å². The van der Waals surface area contributed by atoms with Crippen LogP contribution in [0, 0.1) is 6.92 Å². The summed E-state index contributed by atoms with van der Waals surface area (Å²) in [4.78, 5) is 15.8. The minimum atomic E-state index is 0.00782. The van der Waals surface area contributed by atoms with Gasteiger partial charge in [-0.05, 0) is 34.5 Å². The number of anilines is 1. The molecule has 0 radical (unpaired) electrons. The van der Waals surface area contributed by atoms with Crippen molar-refractivity contribution in [1.82, 2.24) is 4.98 Å². The molecule has 0 aliphatic carbocycles. The Morgan fingerprint density at radius 2 is 2.18 bits per heavy atom. The Hall–Kier alpha value is -0.550. The molecule has 1 rings (SSSR count). The number of carbonyl (C=O) groups is 1. The number of pyridine rings is 1. The van der Waals surface area contributed by atoms with E-state index < -0.39 is 0 Å². The van der Waals surface area contributed by atoms with Crippen LogP contribution in [0.2, 0.25) is 0 Å². The van der Waals surface area contributed by atoms with Crippen LogP contribution in [0.25, 0.3) is 0 Å². The topological polar surface area (TPSA) is 42.0 Å². The highest BCUT2D eigenvalue weighted by atomic mass is 79.9. The van der Waals surface area contributed by atoms with Crippen LogP contribution in [0.3, 0.4) is 0 Å². The molecule has 1 heterocycles. The average molecular weight is 317 g/mol. The average Bonchev–Trinajstić information content (AvgIpc) is 2.20. The standard InChI is InChI=1S/C12H17BrN2OS/c1-8-5-9(6-14-11(8)13)15-10(16)7-17-12(2,3)4/h5-6H,7H2,1-4H3,(H,15,16). The van der Waals surface area contributed by atoms with Gasteiger partial charge in [-0.1, -0.05) is 20.8 Å². The molecule has 0 saturated heterocycles. The quantitative estimate of drug-likeness (QED) is 0.866. The monoisotopic (exact) mass is 316 g/mol. The first-order valence-corrected chi connectivity index (χ1v) is 7.12. The van der Waals surface area contributed by atoms with E-state index in [1.54, 1.807) is 18.0 Å². The highest BCUT2D eigenvalue weighted by molar-refractivity contribution is 9.10. The van der Waals surface area contributed by atoms with Crippen LogP contribution < -0.4 is 5.32 Å². The SMILES string of the molecule is Cc1cc(NC(=O)CSC(C)(C)C)cnc1Br. The van der Waals surface area contributed by atoms with Crippen molar-refractivity contribution in [2.45, 2.75) is 32.4 Å². The molecule has 0 aliphatic heterocycles. The highest BCUT2D eigenvalue weighted by Gasteiger charge is 2.13. The van der Waals surface area contributed by atoms with Gasteiger partial charge in [0.15, 0.2) is 0 Å². The summed E-state index contributed by atoms with van der Waals surface area (Å²) in [5, 5.41) is 2.84. The fraction of sp³-hybridized carbons (Fsp3) is 0.500. The predicted molar refractivity (Wildman–Crippen MR) is 77.5 cm³/mol. The first kappa shape index (κ1) is 14.5. The molecule has 0 fully saturated rings. The molecular formula is C12H17BrN2OS. The van der Waals surface area contributed by atoms with Gasteiger partial charge in [0.05, 0.1) is 17.6 Å². The van der Waals surface area contributed by atoms with E-state index in [-0.39, 0.29) is 10.7 Å². The van der Waals surface area contributed by atoms with Gasteiger partial charge in [0.1, 0.15) is 4.60 Å². The normalized spacial score (nSPS) is 11.4. The first-order chi connectivity index (χ1) is 7.78. The molecule has 1 aromatic rings. The van der Waals surface area contributed by atoms with Gasteiger partial charge in [-0.2, -0.15) is 0 Å². The summed E-state index contributed by atoms with van der Waals surface area (Å²) in [6, 6.07) is 1.90. The van der Waals surface area contributed by atoms with Gasteiger partial charge in [-0.15, -0.1) is 11.8 Å². The molecule has 94 valence electrons. The number of hydrogen-bond donors (Lipinski definition) is 1. The number of nitrogens with one attached hydrogen (secondary N) is 1. The Labute approximate surface area is 115 Å². The minimum absolute atomic E-state index is 0.00782. The number of thioether (sulfide) groups is 1. The molecule has 0 unspecified atom stereocenters. The molecule has 0 aromatic carbocycles. The summed E-state index contributed by atoms with van der Waals surface area (Å²) >= 11 is 4.95. The molecule has 3 nitrogen and oxygen atoms in total. The minimum Gasteiger partial charge on any atom is -0.324 e. The second-order valence-corrected chi connectivity index (χ2v) is 7.33. The van der Waals surface area contributed by atoms with E-state index in [2.05, 4.69) is 47.0 Å². The third kappa shape index (κ3) is 5.55. The molecule has 0 atom stereocenters. The van der Waals surface area contributed by atoms with Crippen molar-refractivity contribution in [3.63, 3.8) is 0 Å². The Kier molecular flexibility index (Phi) is 5.01. The van der Waals surface area contributed by atoms with Crippen molar-refractivity contribution in [2.24, 2.45) is 0 Å². The van der Waals surface area contributed by atoms with Gasteiger partial charge in [-0.3, -0.25) is 4.79 Å². The zero-order valence-electron chi connectivity index (χ0n) is 10.5. The van der Waals surface area contributed by atoms with E-state index >= 15 is 0 Å². The lowest BCUT2D eigenvalue weighted by Gasteiger charge is -2.17. The smallest absolute Gasteiger partial charge is 0.234 e. The molecule has 0 bridgehead atoms. The fourth-order valence-electron chi connectivity index (χ4n) is 1.11. The van der Waals surface area contributed by atoms with Crippen molar-refractivity contribution in [3.8, 4) is 0 Å². The maximum Gasteiger partial charge on any atom is 0.234 e. The number of carbonyl (C=O) groups excluding carboxylic acids is 1. The maximum absolute atomic E-state index is 11.7. The van der Waals surface area contributed by atoms with Crippen molar-refractivity contribution in [2.75, 3.05) is 11.1 Å². The van der Waals surface area contributed by atoms with Crippen LogP contribution in [0.5, 0.6) is 0 Å². The third-order valence-electron chi connectivity index (χ3n) is 1.93. The van der Waals surface area contributed by atoms with Crippen LogP contribution in [0.4, 0.5) is 5.69 Å². The predicted octanol–water partition coefficient (Wildman–Crippen LogP) is 3.62. The van der Waals surface area contributed by atoms with E-state index in [0.717, 1.165) is 15.9 Å². The summed E-state index contributed by atoms with van der Waals surface area (Å²) in [6.45, 7) is 8.22. The lowest BCUT2D eigenvalue weighted by molar-refractivity contribution is -0.113. The second-order valence-electron chi connectivity index (χ2n) is 4.78. The van der Waals surface area contributed by atoms with Gasteiger partial charge in [0, 0.05) is 4.75 Å². The van der Waals surface area contributed by atoms with Crippen LogP contribution in [-0.4, -0.2) is 21.4 Å². The number of aromatic nitrogens is 1. The summed E-state index contributed by atoms with van der Waals surface area (Å²) in [5.74, 6) is 0.465. The van der Waals surface area contributed by atoms with Crippen molar-refractivity contribution >= 4 is 39.3 Å². The molecule has 1 amide bonds. The molecule has 0 aliphatic rings. The Morgan fingerprint density at radius 1 is 1.53 bits per heavy atom.